The summed E-state index contributed by atoms with van der Waals surface area (Å²) < 4.78 is 6.20. The van der Waals surface area contributed by atoms with Crippen molar-refractivity contribution in [3.8, 4) is 0 Å². The molecule has 2 rings (SSSR count). The number of hydrogen-bond acceptors (Lipinski definition) is 2. The molecule has 2 heteroatoms. The highest BCUT2D eigenvalue weighted by atomic mass is 16.5. The molecule has 2 fully saturated rings. The second-order valence-electron chi connectivity index (χ2n) is 6.10. The highest BCUT2D eigenvalue weighted by molar-refractivity contribution is 4.91. The van der Waals surface area contributed by atoms with Crippen molar-refractivity contribution in [2.75, 3.05) is 13.7 Å². The van der Waals surface area contributed by atoms with Crippen LogP contribution in [0, 0.1) is 5.92 Å². The van der Waals surface area contributed by atoms with Crippen molar-refractivity contribution in [1.29, 1.82) is 0 Å². The van der Waals surface area contributed by atoms with Crippen LogP contribution in [-0.4, -0.2) is 25.3 Å². The van der Waals surface area contributed by atoms with Crippen molar-refractivity contribution >= 4 is 0 Å². The monoisotopic (exact) mass is 239 g/mol. The first-order valence-electron chi connectivity index (χ1n) is 7.59. The van der Waals surface area contributed by atoms with Crippen LogP contribution in [0.25, 0.3) is 0 Å². The minimum Gasteiger partial charge on any atom is -0.375 e. The molecule has 0 aromatic rings. The summed E-state index contributed by atoms with van der Waals surface area (Å²) in [5.41, 5.74) is 0.231. The topological polar surface area (TPSA) is 21.3 Å². The van der Waals surface area contributed by atoms with Crippen molar-refractivity contribution in [1.82, 2.24) is 5.32 Å². The summed E-state index contributed by atoms with van der Waals surface area (Å²) in [4.78, 5) is 0. The lowest BCUT2D eigenvalue weighted by Gasteiger charge is -2.40. The van der Waals surface area contributed by atoms with E-state index in [0.717, 1.165) is 12.5 Å². The van der Waals surface area contributed by atoms with Gasteiger partial charge in [0, 0.05) is 12.6 Å². The normalized spacial score (nSPS) is 39.2. The Bertz CT molecular complexity index is 231. The van der Waals surface area contributed by atoms with Crippen LogP contribution in [0.5, 0.6) is 0 Å². The van der Waals surface area contributed by atoms with Crippen LogP contribution in [0.4, 0.5) is 0 Å². The van der Waals surface area contributed by atoms with E-state index in [4.69, 9.17) is 4.74 Å². The zero-order chi connectivity index (χ0) is 12.1. The second kappa shape index (κ2) is 6.19. The Kier molecular flexibility index (Phi) is 4.87. The molecule has 3 unspecified atom stereocenters. The summed E-state index contributed by atoms with van der Waals surface area (Å²) in [5.74, 6) is 0.970. The van der Waals surface area contributed by atoms with Gasteiger partial charge in [0.15, 0.2) is 0 Å². The van der Waals surface area contributed by atoms with Gasteiger partial charge in [-0.1, -0.05) is 32.6 Å². The van der Waals surface area contributed by atoms with Crippen LogP contribution in [0.15, 0.2) is 0 Å². The third kappa shape index (κ3) is 3.45. The Morgan fingerprint density at radius 2 is 2.12 bits per heavy atom. The van der Waals surface area contributed by atoms with E-state index in [9.17, 15) is 0 Å². The molecule has 0 aromatic carbocycles. The van der Waals surface area contributed by atoms with Gasteiger partial charge in [-0.05, 0) is 45.1 Å². The van der Waals surface area contributed by atoms with Gasteiger partial charge in [0.25, 0.3) is 0 Å². The standard InChI is InChI=1S/C15H29NO/c1-3-5-13-6-4-9-15(10-7-13)12-14(16-2)8-11-17-15/h13-14,16H,3-12H2,1-2H3. The van der Waals surface area contributed by atoms with Crippen LogP contribution in [0.3, 0.4) is 0 Å². The number of nitrogens with one attached hydrogen (secondary N) is 1. The molecule has 1 aliphatic heterocycles. The molecule has 2 nitrogen and oxygen atoms in total. The Labute approximate surface area is 107 Å². The molecule has 0 amide bonds. The van der Waals surface area contributed by atoms with Crippen LogP contribution < -0.4 is 5.32 Å². The molecule has 1 saturated carbocycles. The molecule has 2 aliphatic rings. The Hall–Kier alpha value is -0.0800. The highest BCUT2D eigenvalue weighted by Crippen LogP contribution is 2.40. The first kappa shape index (κ1) is 13.4. The summed E-state index contributed by atoms with van der Waals surface area (Å²) in [5, 5.41) is 3.45. The highest BCUT2D eigenvalue weighted by Gasteiger charge is 2.38. The summed E-state index contributed by atoms with van der Waals surface area (Å²) >= 11 is 0. The molecule has 1 aliphatic carbocycles. The maximum Gasteiger partial charge on any atom is 0.0697 e. The largest absolute Gasteiger partial charge is 0.375 e. The van der Waals surface area contributed by atoms with Gasteiger partial charge in [0.05, 0.1) is 5.60 Å². The zero-order valence-corrected chi connectivity index (χ0v) is 11.6. The van der Waals surface area contributed by atoms with Crippen molar-refractivity contribution in [2.45, 2.75) is 76.4 Å². The minimum atomic E-state index is 0.231. The molecular weight excluding hydrogens is 210 g/mol. The van der Waals surface area contributed by atoms with Crippen LogP contribution >= 0.6 is 0 Å². The molecule has 17 heavy (non-hydrogen) atoms. The molecule has 1 spiro atoms. The van der Waals surface area contributed by atoms with Gasteiger partial charge < -0.3 is 10.1 Å². The summed E-state index contributed by atoms with van der Waals surface area (Å²) in [6, 6.07) is 0.687. The molecule has 1 saturated heterocycles. The number of rotatable bonds is 3. The van der Waals surface area contributed by atoms with Gasteiger partial charge in [0.1, 0.15) is 0 Å². The lowest BCUT2D eigenvalue weighted by atomic mass is 9.83. The molecule has 0 aromatic heterocycles. The van der Waals surface area contributed by atoms with Gasteiger partial charge in [-0.2, -0.15) is 0 Å². The predicted octanol–water partition coefficient (Wildman–Crippen LogP) is 3.50. The molecular formula is C15H29NO. The second-order valence-corrected chi connectivity index (χ2v) is 6.10. The van der Waals surface area contributed by atoms with Crippen LogP contribution in [-0.2, 0) is 4.74 Å². The minimum absolute atomic E-state index is 0.231. The first-order valence-corrected chi connectivity index (χ1v) is 7.59. The predicted molar refractivity (Wildman–Crippen MR) is 72.2 cm³/mol. The first-order chi connectivity index (χ1) is 8.28. The van der Waals surface area contributed by atoms with Gasteiger partial charge in [-0.15, -0.1) is 0 Å². The SMILES string of the molecule is CCCC1CCCC2(CC1)CC(NC)CCO2. The fourth-order valence-electron chi connectivity index (χ4n) is 3.77. The number of hydrogen-bond donors (Lipinski definition) is 1. The van der Waals surface area contributed by atoms with E-state index in [1.807, 2.05) is 0 Å². The van der Waals surface area contributed by atoms with E-state index in [0.29, 0.717) is 6.04 Å². The van der Waals surface area contributed by atoms with Crippen LogP contribution in [0.1, 0.15) is 64.7 Å². The average Bonchev–Trinajstić information content (AvgIpc) is 2.54. The molecule has 0 bridgehead atoms. The summed E-state index contributed by atoms with van der Waals surface area (Å²) in [7, 11) is 2.10. The van der Waals surface area contributed by atoms with Crippen LogP contribution in [0.2, 0.25) is 0 Å². The van der Waals surface area contributed by atoms with Gasteiger partial charge >= 0.3 is 0 Å². The van der Waals surface area contributed by atoms with E-state index in [1.165, 1.54) is 57.8 Å². The Balaban J connectivity index is 1.91. The quantitative estimate of drug-likeness (QED) is 0.814. The number of ether oxygens (including phenoxy) is 1. The third-order valence-electron chi connectivity index (χ3n) is 4.85. The third-order valence-corrected chi connectivity index (χ3v) is 4.85. The molecule has 0 radical (unpaired) electrons. The van der Waals surface area contributed by atoms with E-state index < -0.39 is 0 Å². The summed E-state index contributed by atoms with van der Waals surface area (Å²) in [6.45, 7) is 3.28. The fourth-order valence-corrected chi connectivity index (χ4v) is 3.77. The van der Waals surface area contributed by atoms with E-state index in [2.05, 4.69) is 19.3 Å². The Morgan fingerprint density at radius 1 is 1.24 bits per heavy atom. The molecule has 3 atom stereocenters. The smallest absolute Gasteiger partial charge is 0.0697 e. The van der Waals surface area contributed by atoms with E-state index in [-0.39, 0.29) is 5.60 Å². The van der Waals surface area contributed by atoms with E-state index in [1.54, 1.807) is 0 Å². The van der Waals surface area contributed by atoms with Crippen molar-refractivity contribution < 1.29 is 4.74 Å². The van der Waals surface area contributed by atoms with Gasteiger partial charge in [-0.3, -0.25) is 0 Å². The van der Waals surface area contributed by atoms with Gasteiger partial charge in [0.2, 0.25) is 0 Å². The average molecular weight is 239 g/mol. The van der Waals surface area contributed by atoms with Crippen molar-refractivity contribution in [3.05, 3.63) is 0 Å². The van der Waals surface area contributed by atoms with E-state index >= 15 is 0 Å². The molecule has 100 valence electrons. The summed E-state index contributed by atoms with van der Waals surface area (Å²) in [6.07, 6.45) is 12.0. The Morgan fingerprint density at radius 3 is 2.88 bits per heavy atom. The molecule has 1 heterocycles. The maximum absolute atomic E-state index is 6.20. The van der Waals surface area contributed by atoms with Crippen molar-refractivity contribution in [2.24, 2.45) is 5.92 Å². The maximum atomic E-state index is 6.20. The van der Waals surface area contributed by atoms with Gasteiger partial charge in [-0.25, -0.2) is 0 Å². The lowest BCUT2D eigenvalue weighted by Crippen LogP contribution is -2.45. The van der Waals surface area contributed by atoms with Crippen molar-refractivity contribution in [3.63, 3.8) is 0 Å². The molecule has 1 N–H and O–H groups in total. The lowest BCUT2D eigenvalue weighted by molar-refractivity contribution is -0.0970. The fraction of sp³-hybridized carbons (Fsp3) is 1.00. The zero-order valence-electron chi connectivity index (χ0n) is 11.6.